The van der Waals surface area contributed by atoms with Gasteiger partial charge in [-0.2, -0.15) is 0 Å². The first-order valence-electron chi connectivity index (χ1n) is 2.90. The van der Waals surface area contributed by atoms with Crippen molar-refractivity contribution < 1.29 is 17.3 Å². The van der Waals surface area contributed by atoms with Gasteiger partial charge < -0.3 is 0 Å². The van der Waals surface area contributed by atoms with Crippen molar-refractivity contribution in [2.45, 2.75) is -1.33 Å². The average molecular weight is 237 g/mol. The summed E-state index contributed by atoms with van der Waals surface area (Å²) in [5.41, 5.74) is 0. The molecule has 0 unspecified atom stereocenters. The summed E-state index contributed by atoms with van der Waals surface area (Å²) < 4.78 is 30.3. The van der Waals surface area contributed by atoms with Crippen LogP contribution in [0.25, 0.3) is 0 Å². The summed E-state index contributed by atoms with van der Waals surface area (Å²) in [4.78, 5) is 0. The molecule has 1 aliphatic heterocycles. The first kappa shape index (κ1) is 9.76. The predicted molar refractivity (Wildman–Crippen MR) is 35.2 cm³/mol. The van der Waals surface area contributed by atoms with E-state index in [-0.39, 0.29) is 5.28 Å². The van der Waals surface area contributed by atoms with Crippen molar-refractivity contribution in [1.82, 2.24) is 0 Å². The van der Waals surface area contributed by atoms with E-state index < -0.39 is 10.1 Å². The second-order valence-electron chi connectivity index (χ2n) is 2.70. The molecular weight excluding hydrogens is 230 g/mol. The zero-order valence-electron chi connectivity index (χ0n) is 5.96. The van der Waals surface area contributed by atoms with Gasteiger partial charge in [0.05, 0.1) is 0 Å². The maximum atomic E-state index is 10.5. The molecule has 4 nitrogen and oxygen atoms in total. The molecular formula is C4H7O4RbS. The predicted octanol–water partition coefficient (Wildman–Crippen LogP) is -1.14. The summed E-state index contributed by atoms with van der Waals surface area (Å²) in [6.07, 6.45) is 1.05. The van der Waals surface area contributed by atoms with Gasteiger partial charge in [-0.3, -0.25) is 0 Å². The first-order valence-corrected chi connectivity index (χ1v) is 7.17. The number of epoxide rings is 1. The van der Waals surface area contributed by atoms with Crippen LogP contribution in [0.5, 0.6) is 0 Å². The summed E-state index contributed by atoms with van der Waals surface area (Å²) in [7, 11) is -3.26. The van der Waals surface area contributed by atoms with Crippen molar-refractivity contribution in [3.63, 3.8) is 0 Å². The Kier molecular flexibility index (Phi) is 3.12. The summed E-state index contributed by atoms with van der Waals surface area (Å²) >= 11 is 0.318. The Hall–Kier alpha value is 1.68. The monoisotopic (exact) mass is 236 g/mol. The molecule has 0 radical (unpaired) electrons. The van der Waals surface area contributed by atoms with Crippen LogP contribution in [0.2, 0.25) is 0 Å². The third kappa shape index (κ3) is 3.89. The SMILES string of the molecule is CS(=O)(=O)OC[C@@]1([Rb])CO1. The third-order valence-corrected chi connectivity index (χ3v) is 3.89. The Bertz CT molecular complexity index is 217. The van der Waals surface area contributed by atoms with Gasteiger partial charge in [-0.25, -0.2) is 0 Å². The average Bonchev–Trinajstić information content (AvgIpc) is 2.43. The minimum atomic E-state index is -3.26. The fraction of sp³-hybridized carbons (Fsp3) is 1.00. The normalized spacial score (nSPS) is 32.3. The summed E-state index contributed by atoms with van der Waals surface area (Å²) in [5.74, 6) is 0. The van der Waals surface area contributed by atoms with Crippen molar-refractivity contribution in [3.8, 4) is 0 Å². The van der Waals surface area contributed by atoms with E-state index in [2.05, 4.69) is 4.18 Å². The molecule has 0 amide bonds. The molecule has 0 aliphatic carbocycles. The van der Waals surface area contributed by atoms with Crippen LogP contribution in [-0.2, 0) is 19.0 Å². The van der Waals surface area contributed by atoms with Crippen LogP contribution in [-0.4, -0.2) is 82.1 Å². The Morgan fingerprint density at radius 1 is 1.80 bits per heavy atom. The molecule has 10 heavy (non-hydrogen) atoms. The third-order valence-electron chi connectivity index (χ3n) is 1.22. The molecule has 0 N–H and O–H groups in total. The van der Waals surface area contributed by atoms with Gasteiger partial charge in [-0.15, -0.1) is 0 Å². The molecule has 0 aromatic carbocycles. The number of rotatable bonds is 3. The number of ether oxygens (including phenoxy) is 1. The van der Waals surface area contributed by atoms with Crippen molar-refractivity contribution in [2.75, 3.05) is 19.5 Å². The Labute approximate surface area is 99.1 Å². The quantitative estimate of drug-likeness (QED) is 0.459. The molecule has 1 fully saturated rings. The summed E-state index contributed by atoms with van der Waals surface area (Å²) in [6, 6.07) is 0. The zero-order chi connectivity index (χ0) is 7.83. The first-order chi connectivity index (χ1) is 4.41. The van der Waals surface area contributed by atoms with Gasteiger partial charge in [0.15, 0.2) is 0 Å². The summed E-state index contributed by atoms with van der Waals surface area (Å²) in [5, 5.41) is 0. The van der Waals surface area contributed by atoms with Crippen LogP contribution >= 0.6 is 0 Å². The van der Waals surface area contributed by atoms with Gasteiger partial charge >= 0.3 is 101 Å². The van der Waals surface area contributed by atoms with E-state index in [1.54, 1.807) is 0 Å². The van der Waals surface area contributed by atoms with E-state index >= 15 is 0 Å². The molecule has 1 rings (SSSR count). The van der Waals surface area contributed by atoms with Crippen LogP contribution < -0.4 is 0 Å². The Morgan fingerprint density at radius 2 is 2.30 bits per heavy atom. The van der Waals surface area contributed by atoms with Crippen LogP contribution in [0.1, 0.15) is 0 Å². The molecule has 1 heterocycles. The molecule has 1 atom stereocenters. The van der Waals surface area contributed by atoms with Crippen LogP contribution in [0, 0.1) is 0 Å². The molecule has 1 aliphatic rings. The van der Waals surface area contributed by atoms with E-state index in [9.17, 15) is 8.42 Å². The second kappa shape index (κ2) is 3.20. The van der Waals surface area contributed by atoms with E-state index in [0.717, 1.165) is 6.26 Å². The van der Waals surface area contributed by atoms with Crippen molar-refractivity contribution in [2.24, 2.45) is 0 Å². The van der Waals surface area contributed by atoms with Gasteiger partial charge in [-0.05, 0) is 0 Å². The van der Waals surface area contributed by atoms with E-state index in [0.29, 0.717) is 62.1 Å². The van der Waals surface area contributed by atoms with Crippen molar-refractivity contribution in [3.05, 3.63) is 0 Å². The van der Waals surface area contributed by atoms with Crippen LogP contribution in [0.15, 0.2) is 0 Å². The van der Waals surface area contributed by atoms with E-state index in [4.69, 9.17) is 4.74 Å². The van der Waals surface area contributed by atoms with Gasteiger partial charge in [-0.1, -0.05) is 0 Å². The molecule has 0 aromatic rings. The molecule has 0 aromatic heterocycles. The summed E-state index contributed by atoms with van der Waals surface area (Å²) in [6.45, 7) is 0.903. The maximum absolute atomic E-state index is 10.5. The molecule has 1 saturated heterocycles. The van der Waals surface area contributed by atoms with Crippen LogP contribution in [0.3, 0.4) is 0 Å². The second-order valence-corrected chi connectivity index (χ2v) is 8.83. The molecule has 0 spiro atoms. The number of hydrogen-bond donors (Lipinski definition) is 0. The minimum absolute atomic E-state index is 0.134. The molecule has 0 saturated carbocycles. The van der Waals surface area contributed by atoms with Gasteiger partial charge in [0.2, 0.25) is 0 Å². The van der Waals surface area contributed by atoms with Gasteiger partial charge in [0, 0.05) is 0 Å². The standard InChI is InChI=1S/C4H7O4S.Rb/c1-9(5,6)8-3-4-2-7-4;/h2-3H2,1H3;. The molecule has 54 valence electrons. The Morgan fingerprint density at radius 3 is 2.60 bits per heavy atom. The van der Waals surface area contributed by atoms with Gasteiger partial charge in [0.25, 0.3) is 0 Å². The topological polar surface area (TPSA) is 55.9 Å². The van der Waals surface area contributed by atoms with Crippen LogP contribution in [0.4, 0.5) is 0 Å². The zero-order valence-corrected chi connectivity index (χ0v) is 11.7. The van der Waals surface area contributed by atoms with E-state index in [1.165, 1.54) is 0 Å². The molecule has 0 bridgehead atoms. The molecule has 6 heteroatoms. The van der Waals surface area contributed by atoms with Gasteiger partial charge in [0.1, 0.15) is 0 Å². The fourth-order valence-electron chi connectivity index (χ4n) is 0.438. The fourth-order valence-corrected chi connectivity index (χ4v) is 2.13. The van der Waals surface area contributed by atoms with Crippen molar-refractivity contribution in [1.29, 1.82) is 0 Å². The van der Waals surface area contributed by atoms with E-state index in [1.807, 2.05) is 0 Å². The van der Waals surface area contributed by atoms with Crippen molar-refractivity contribution >= 4 is 65.7 Å². The Balaban J connectivity index is 2.30. The number of hydrogen-bond acceptors (Lipinski definition) is 4.